The van der Waals surface area contributed by atoms with Gasteiger partial charge in [0.25, 0.3) is 0 Å². The Kier molecular flexibility index (Phi) is 5.14. The zero-order chi connectivity index (χ0) is 16.8. The van der Waals surface area contributed by atoms with Crippen molar-refractivity contribution in [3.8, 4) is 17.2 Å². The summed E-state index contributed by atoms with van der Waals surface area (Å²) in [4.78, 5) is 4.44. The van der Waals surface area contributed by atoms with Crippen molar-refractivity contribution in [3.05, 3.63) is 83.4 Å². The number of benzene rings is 3. The smallest absolute Gasteiger partial charge is 0.137 e. The molecule has 0 saturated heterocycles. The summed E-state index contributed by atoms with van der Waals surface area (Å²) < 4.78 is 10.9. The highest BCUT2D eigenvalue weighted by Crippen LogP contribution is 2.26. The van der Waals surface area contributed by atoms with Gasteiger partial charge in [-0.2, -0.15) is 0 Å². The Morgan fingerprint density at radius 2 is 1.58 bits per heavy atom. The number of halogens is 1. The molecule has 24 heavy (non-hydrogen) atoms. The van der Waals surface area contributed by atoms with E-state index in [0.717, 1.165) is 22.7 Å². The SMILES string of the molecule is COc1ccc(C=Nc2ccc(Oc3ccccc3)cc2)cc1Cl. The molecule has 3 aromatic rings. The second-order valence-corrected chi connectivity index (χ2v) is 5.47. The summed E-state index contributed by atoms with van der Waals surface area (Å²) in [6, 6.07) is 22.8. The molecular weight excluding hydrogens is 322 g/mol. The standard InChI is InChI=1S/C20H16ClNO2/c1-23-20-12-7-15(13-19(20)21)14-22-16-8-10-18(11-9-16)24-17-5-3-2-4-6-17/h2-14H,1H3. The average molecular weight is 338 g/mol. The van der Waals surface area contributed by atoms with Crippen molar-refractivity contribution in [2.24, 2.45) is 4.99 Å². The van der Waals surface area contributed by atoms with E-state index in [1.165, 1.54) is 0 Å². The van der Waals surface area contributed by atoms with Crippen LogP contribution >= 0.6 is 11.6 Å². The number of rotatable bonds is 5. The summed E-state index contributed by atoms with van der Waals surface area (Å²) in [5.41, 5.74) is 1.74. The van der Waals surface area contributed by atoms with Crippen molar-refractivity contribution in [2.75, 3.05) is 7.11 Å². The van der Waals surface area contributed by atoms with Crippen LogP contribution in [-0.2, 0) is 0 Å². The predicted molar refractivity (Wildman–Crippen MR) is 98.2 cm³/mol. The van der Waals surface area contributed by atoms with Gasteiger partial charge in [0.1, 0.15) is 17.2 Å². The van der Waals surface area contributed by atoms with E-state index in [0.29, 0.717) is 10.8 Å². The van der Waals surface area contributed by atoms with Crippen molar-refractivity contribution < 1.29 is 9.47 Å². The van der Waals surface area contributed by atoms with Crippen molar-refractivity contribution in [3.63, 3.8) is 0 Å². The number of hydrogen-bond donors (Lipinski definition) is 0. The van der Waals surface area contributed by atoms with E-state index in [1.807, 2.05) is 72.8 Å². The van der Waals surface area contributed by atoms with Gasteiger partial charge in [-0.05, 0) is 60.2 Å². The van der Waals surface area contributed by atoms with Crippen LogP contribution < -0.4 is 9.47 Å². The molecule has 0 heterocycles. The summed E-state index contributed by atoms with van der Waals surface area (Å²) in [5.74, 6) is 2.23. The highest BCUT2D eigenvalue weighted by Gasteiger charge is 2.00. The lowest BCUT2D eigenvalue weighted by Gasteiger charge is -2.05. The third kappa shape index (κ3) is 4.15. The van der Waals surface area contributed by atoms with Crippen molar-refractivity contribution in [1.29, 1.82) is 0 Å². The maximum absolute atomic E-state index is 6.11. The molecule has 3 nitrogen and oxygen atoms in total. The van der Waals surface area contributed by atoms with E-state index >= 15 is 0 Å². The Hall–Kier alpha value is -2.78. The van der Waals surface area contributed by atoms with Crippen LogP contribution in [0.5, 0.6) is 17.2 Å². The monoisotopic (exact) mass is 337 g/mol. The fourth-order valence-electron chi connectivity index (χ4n) is 2.14. The molecule has 0 aliphatic rings. The highest BCUT2D eigenvalue weighted by atomic mass is 35.5. The molecule has 0 bridgehead atoms. The fourth-order valence-corrected chi connectivity index (χ4v) is 2.40. The number of methoxy groups -OCH3 is 1. The van der Waals surface area contributed by atoms with E-state index in [1.54, 1.807) is 13.3 Å². The minimum Gasteiger partial charge on any atom is -0.495 e. The zero-order valence-electron chi connectivity index (χ0n) is 13.1. The molecule has 0 aliphatic carbocycles. The van der Waals surface area contributed by atoms with Gasteiger partial charge in [-0.3, -0.25) is 4.99 Å². The van der Waals surface area contributed by atoms with Crippen LogP contribution in [0.4, 0.5) is 5.69 Å². The average Bonchev–Trinajstić information content (AvgIpc) is 2.62. The summed E-state index contributed by atoms with van der Waals surface area (Å²) in [5, 5.41) is 0.563. The lowest BCUT2D eigenvalue weighted by atomic mass is 10.2. The Morgan fingerprint density at radius 1 is 0.875 bits per heavy atom. The van der Waals surface area contributed by atoms with Crippen LogP contribution in [-0.4, -0.2) is 13.3 Å². The Labute approximate surface area is 146 Å². The third-order valence-corrected chi connectivity index (χ3v) is 3.65. The molecular formula is C20H16ClNO2. The van der Waals surface area contributed by atoms with Crippen LogP contribution in [0.15, 0.2) is 77.8 Å². The largest absolute Gasteiger partial charge is 0.495 e. The highest BCUT2D eigenvalue weighted by molar-refractivity contribution is 6.32. The van der Waals surface area contributed by atoms with Gasteiger partial charge in [0, 0.05) is 6.21 Å². The molecule has 0 saturated carbocycles. The Balaban J connectivity index is 1.68. The van der Waals surface area contributed by atoms with Gasteiger partial charge in [-0.1, -0.05) is 29.8 Å². The first-order valence-electron chi connectivity index (χ1n) is 7.45. The molecule has 120 valence electrons. The number of ether oxygens (including phenoxy) is 2. The fraction of sp³-hybridized carbons (Fsp3) is 0.0500. The molecule has 0 aromatic heterocycles. The first-order valence-corrected chi connectivity index (χ1v) is 7.83. The third-order valence-electron chi connectivity index (χ3n) is 3.35. The normalized spacial score (nSPS) is 10.8. The van der Waals surface area contributed by atoms with Gasteiger partial charge in [0.05, 0.1) is 17.8 Å². The molecule has 0 radical (unpaired) electrons. The Morgan fingerprint density at radius 3 is 2.25 bits per heavy atom. The van der Waals surface area contributed by atoms with E-state index < -0.39 is 0 Å². The van der Waals surface area contributed by atoms with Crippen molar-refractivity contribution in [2.45, 2.75) is 0 Å². The van der Waals surface area contributed by atoms with Gasteiger partial charge in [0.15, 0.2) is 0 Å². The molecule has 0 aliphatic heterocycles. The summed E-state index contributed by atoms with van der Waals surface area (Å²) in [6.45, 7) is 0. The minimum absolute atomic E-state index is 0.563. The lowest BCUT2D eigenvalue weighted by Crippen LogP contribution is -1.86. The first-order chi connectivity index (χ1) is 11.7. The molecule has 4 heteroatoms. The van der Waals surface area contributed by atoms with E-state index in [4.69, 9.17) is 21.1 Å². The minimum atomic E-state index is 0.563. The molecule has 0 N–H and O–H groups in total. The summed E-state index contributed by atoms with van der Waals surface area (Å²) in [7, 11) is 1.59. The molecule has 0 spiro atoms. The molecule has 0 amide bonds. The van der Waals surface area contributed by atoms with Crippen LogP contribution in [0.3, 0.4) is 0 Å². The molecule has 3 aromatic carbocycles. The summed E-state index contributed by atoms with van der Waals surface area (Å²) >= 11 is 6.11. The van der Waals surface area contributed by atoms with Crippen LogP contribution in [0.2, 0.25) is 5.02 Å². The molecule has 0 unspecified atom stereocenters. The van der Waals surface area contributed by atoms with E-state index in [9.17, 15) is 0 Å². The zero-order valence-corrected chi connectivity index (χ0v) is 13.9. The lowest BCUT2D eigenvalue weighted by molar-refractivity contribution is 0.415. The predicted octanol–water partition coefficient (Wildman–Crippen LogP) is 5.89. The molecule has 3 rings (SSSR count). The second-order valence-electron chi connectivity index (χ2n) is 5.06. The Bertz CT molecular complexity index is 830. The second kappa shape index (κ2) is 7.66. The van der Waals surface area contributed by atoms with E-state index in [-0.39, 0.29) is 0 Å². The van der Waals surface area contributed by atoms with Gasteiger partial charge in [0.2, 0.25) is 0 Å². The van der Waals surface area contributed by atoms with E-state index in [2.05, 4.69) is 4.99 Å². The van der Waals surface area contributed by atoms with Gasteiger partial charge in [-0.25, -0.2) is 0 Å². The number of nitrogens with zero attached hydrogens (tertiary/aromatic N) is 1. The maximum Gasteiger partial charge on any atom is 0.137 e. The van der Waals surface area contributed by atoms with Crippen LogP contribution in [0.25, 0.3) is 0 Å². The molecule has 0 atom stereocenters. The van der Waals surface area contributed by atoms with Crippen LogP contribution in [0.1, 0.15) is 5.56 Å². The van der Waals surface area contributed by atoms with Gasteiger partial charge < -0.3 is 9.47 Å². The van der Waals surface area contributed by atoms with Crippen LogP contribution in [0, 0.1) is 0 Å². The number of hydrogen-bond acceptors (Lipinski definition) is 3. The number of para-hydroxylation sites is 1. The van der Waals surface area contributed by atoms with Gasteiger partial charge >= 0.3 is 0 Å². The molecule has 0 fully saturated rings. The summed E-state index contributed by atoms with van der Waals surface area (Å²) in [6.07, 6.45) is 1.76. The van der Waals surface area contributed by atoms with Crippen molar-refractivity contribution >= 4 is 23.5 Å². The van der Waals surface area contributed by atoms with Gasteiger partial charge in [-0.15, -0.1) is 0 Å². The quantitative estimate of drug-likeness (QED) is 0.543. The first kappa shape index (κ1) is 16.1. The number of aliphatic imine (C=N–C) groups is 1. The maximum atomic E-state index is 6.11. The van der Waals surface area contributed by atoms with Crippen molar-refractivity contribution in [1.82, 2.24) is 0 Å². The topological polar surface area (TPSA) is 30.8 Å².